The van der Waals surface area contributed by atoms with E-state index in [1.165, 1.54) is 5.56 Å². The Morgan fingerprint density at radius 3 is 2.50 bits per heavy atom. The molecule has 136 valence electrons. The van der Waals surface area contributed by atoms with E-state index in [0.717, 1.165) is 23.3 Å². The van der Waals surface area contributed by atoms with Crippen molar-refractivity contribution in [3.05, 3.63) is 53.1 Å². The van der Waals surface area contributed by atoms with Gasteiger partial charge in [0.05, 0.1) is 33.9 Å². The molecule has 0 saturated carbocycles. The van der Waals surface area contributed by atoms with Crippen LogP contribution < -0.4 is 14.2 Å². The van der Waals surface area contributed by atoms with Crippen molar-refractivity contribution >= 4 is 5.97 Å². The molecule has 5 nitrogen and oxygen atoms in total. The predicted molar refractivity (Wildman–Crippen MR) is 96.0 cm³/mol. The molecular formula is C21H22O5. The van der Waals surface area contributed by atoms with Crippen LogP contribution in [0.1, 0.15) is 22.6 Å². The smallest absolute Gasteiger partial charge is 0.310 e. The monoisotopic (exact) mass is 354 g/mol. The number of rotatable bonds is 4. The van der Waals surface area contributed by atoms with E-state index in [-0.39, 0.29) is 23.7 Å². The van der Waals surface area contributed by atoms with Gasteiger partial charge in [-0.05, 0) is 47.4 Å². The van der Waals surface area contributed by atoms with Crippen molar-refractivity contribution in [2.45, 2.75) is 12.3 Å². The third-order valence-electron chi connectivity index (χ3n) is 5.52. The second-order valence-electron chi connectivity index (χ2n) is 6.78. The van der Waals surface area contributed by atoms with Crippen molar-refractivity contribution in [1.82, 2.24) is 0 Å². The first kappa shape index (κ1) is 16.8. The molecule has 2 aromatic carbocycles. The lowest BCUT2D eigenvalue weighted by atomic mass is 9.67. The number of carbonyl (C=O) groups excluding carboxylic acids is 1. The summed E-state index contributed by atoms with van der Waals surface area (Å²) in [5, 5.41) is 0. The van der Waals surface area contributed by atoms with E-state index < -0.39 is 0 Å². The van der Waals surface area contributed by atoms with Crippen molar-refractivity contribution in [2.24, 2.45) is 11.8 Å². The van der Waals surface area contributed by atoms with Crippen LogP contribution in [0.15, 0.2) is 36.4 Å². The second-order valence-corrected chi connectivity index (χ2v) is 6.78. The summed E-state index contributed by atoms with van der Waals surface area (Å²) >= 11 is 0. The zero-order chi connectivity index (χ0) is 18.3. The van der Waals surface area contributed by atoms with E-state index in [1.807, 2.05) is 30.3 Å². The fourth-order valence-electron chi connectivity index (χ4n) is 4.26. The molecule has 0 bridgehead atoms. The molecule has 0 spiro atoms. The zero-order valence-electron chi connectivity index (χ0n) is 15.2. The first-order valence-corrected chi connectivity index (χ1v) is 8.71. The number of benzene rings is 2. The first-order chi connectivity index (χ1) is 12.7. The van der Waals surface area contributed by atoms with Crippen molar-refractivity contribution in [3.8, 4) is 17.2 Å². The van der Waals surface area contributed by atoms with Gasteiger partial charge in [0.2, 0.25) is 0 Å². The molecule has 2 aliphatic rings. The molecule has 0 aromatic heterocycles. The van der Waals surface area contributed by atoms with Gasteiger partial charge in [-0.25, -0.2) is 0 Å². The maximum absolute atomic E-state index is 12.5. The van der Waals surface area contributed by atoms with Gasteiger partial charge in [-0.3, -0.25) is 4.79 Å². The van der Waals surface area contributed by atoms with E-state index in [9.17, 15) is 4.79 Å². The Morgan fingerprint density at radius 2 is 1.77 bits per heavy atom. The van der Waals surface area contributed by atoms with Crippen LogP contribution >= 0.6 is 0 Å². The summed E-state index contributed by atoms with van der Waals surface area (Å²) in [4.78, 5) is 12.5. The molecule has 1 fully saturated rings. The molecule has 1 saturated heterocycles. The topological polar surface area (TPSA) is 54.0 Å². The highest BCUT2D eigenvalue weighted by Gasteiger charge is 2.47. The van der Waals surface area contributed by atoms with Crippen molar-refractivity contribution in [2.75, 3.05) is 27.9 Å². The molecule has 4 rings (SSSR count). The van der Waals surface area contributed by atoms with Crippen LogP contribution in [0, 0.1) is 11.8 Å². The van der Waals surface area contributed by atoms with Gasteiger partial charge in [-0.1, -0.05) is 12.1 Å². The molecule has 26 heavy (non-hydrogen) atoms. The third kappa shape index (κ3) is 2.59. The Balaban J connectivity index is 1.88. The second kappa shape index (κ2) is 6.56. The molecule has 0 radical (unpaired) electrons. The fourth-order valence-corrected chi connectivity index (χ4v) is 4.26. The highest BCUT2D eigenvalue weighted by Crippen LogP contribution is 2.48. The van der Waals surface area contributed by atoms with Crippen molar-refractivity contribution in [3.63, 3.8) is 0 Å². The maximum atomic E-state index is 12.5. The Bertz CT molecular complexity index is 844. The van der Waals surface area contributed by atoms with Crippen LogP contribution in [0.4, 0.5) is 0 Å². The SMILES string of the molecule is COc1ccc2c(c1)[C@@H](c1ccc(OC)c(OC)c1)[C@@H]1C(=O)OC[C@@H]1C2. The van der Waals surface area contributed by atoms with E-state index >= 15 is 0 Å². The summed E-state index contributed by atoms with van der Waals surface area (Å²) < 4.78 is 21.7. The molecule has 1 aliphatic heterocycles. The molecule has 0 unspecified atom stereocenters. The van der Waals surface area contributed by atoms with Crippen molar-refractivity contribution < 1.29 is 23.7 Å². The fraction of sp³-hybridized carbons (Fsp3) is 0.381. The summed E-state index contributed by atoms with van der Waals surface area (Å²) in [5.74, 6) is 1.91. The number of hydrogen-bond donors (Lipinski definition) is 0. The average molecular weight is 354 g/mol. The van der Waals surface area contributed by atoms with Gasteiger partial charge in [-0.2, -0.15) is 0 Å². The molecule has 5 heteroatoms. The van der Waals surface area contributed by atoms with Crippen LogP contribution in [-0.2, 0) is 16.0 Å². The Morgan fingerprint density at radius 1 is 0.962 bits per heavy atom. The van der Waals surface area contributed by atoms with E-state index in [4.69, 9.17) is 18.9 Å². The molecule has 3 atom stereocenters. The van der Waals surface area contributed by atoms with E-state index in [1.54, 1.807) is 21.3 Å². The number of cyclic esters (lactones) is 1. The van der Waals surface area contributed by atoms with Gasteiger partial charge >= 0.3 is 5.97 Å². The molecular weight excluding hydrogens is 332 g/mol. The zero-order valence-corrected chi connectivity index (χ0v) is 15.2. The summed E-state index contributed by atoms with van der Waals surface area (Å²) in [5.41, 5.74) is 3.38. The van der Waals surface area contributed by atoms with Gasteiger partial charge in [0, 0.05) is 11.8 Å². The van der Waals surface area contributed by atoms with Crippen LogP contribution in [0.25, 0.3) is 0 Å². The van der Waals surface area contributed by atoms with E-state index in [2.05, 4.69) is 6.07 Å². The minimum absolute atomic E-state index is 0.0892. The number of carbonyl (C=O) groups is 1. The lowest BCUT2D eigenvalue weighted by Gasteiger charge is -2.33. The largest absolute Gasteiger partial charge is 0.497 e. The summed E-state index contributed by atoms with van der Waals surface area (Å²) in [7, 11) is 4.89. The quantitative estimate of drug-likeness (QED) is 0.790. The summed E-state index contributed by atoms with van der Waals surface area (Å²) in [6.07, 6.45) is 0.847. The predicted octanol–water partition coefficient (Wildman–Crippen LogP) is 3.19. The summed E-state index contributed by atoms with van der Waals surface area (Å²) in [6.45, 7) is 0.485. The number of fused-ring (bicyclic) bond motifs is 2. The van der Waals surface area contributed by atoms with Gasteiger partial charge < -0.3 is 18.9 Å². The molecule has 1 aliphatic carbocycles. The van der Waals surface area contributed by atoms with Crippen LogP contribution in [0.2, 0.25) is 0 Å². The number of methoxy groups -OCH3 is 3. The lowest BCUT2D eigenvalue weighted by Crippen LogP contribution is -2.31. The lowest BCUT2D eigenvalue weighted by molar-refractivity contribution is -0.141. The Labute approximate surface area is 152 Å². The van der Waals surface area contributed by atoms with Gasteiger partial charge in [0.15, 0.2) is 11.5 Å². The Hall–Kier alpha value is -2.69. The Kier molecular flexibility index (Phi) is 4.23. The number of hydrogen-bond acceptors (Lipinski definition) is 5. The maximum Gasteiger partial charge on any atom is 0.310 e. The van der Waals surface area contributed by atoms with E-state index in [0.29, 0.717) is 18.1 Å². The molecule has 1 heterocycles. The third-order valence-corrected chi connectivity index (χ3v) is 5.52. The average Bonchev–Trinajstić information content (AvgIpc) is 3.05. The molecule has 0 N–H and O–H groups in total. The highest BCUT2D eigenvalue weighted by atomic mass is 16.5. The highest BCUT2D eigenvalue weighted by molar-refractivity contribution is 5.78. The van der Waals surface area contributed by atoms with Gasteiger partial charge in [-0.15, -0.1) is 0 Å². The van der Waals surface area contributed by atoms with Crippen LogP contribution in [-0.4, -0.2) is 33.9 Å². The molecule has 0 amide bonds. The minimum atomic E-state index is -0.187. The number of esters is 1. The summed E-state index contributed by atoms with van der Waals surface area (Å²) in [6, 6.07) is 12.0. The van der Waals surface area contributed by atoms with Crippen molar-refractivity contribution in [1.29, 1.82) is 0 Å². The standard InChI is InChI=1S/C21H22O5/c1-23-15-6-4-12-8-14-11-26-21(22)20(14)19(16(12)10-15)13-5-7-17(24-2)18(9-13)25-3/h4-7,9-10,14,19-20H,8,11H2,1-3H3/t14-,19+,20+/m0/s1. The number of ether oxygens (including phenoxy) is 4. The van der Waals surface area contributed by atoms with Gasteiger partial charge in [0.25, 0.3) is 0 Å². The van der Waals surface area contributed by atoms with Gasteiger partial charge in [0.1, 0.15) is 5.75 Å². The van der Waals surface area contributed by atoms with Crippen LogP contribution in [0.3, 0.4) is 0 Å². The molecule has 2 aromatic rings. The first-order valence-electron chi connectivity index (χ1n) is 8.71. The minimum Gasteiger partial charge on any atom is -0.497 e. The normalized spacial score (nSPS) is 23.7. The van der Waals surface area contributed by atoms with Crippen LogP contribution in [0.5, 0.6) is 17.2 Å².